The van der Waals surface area contributed by atoms with E-state index in [2.05, 4.69) is 27.3 Å². The lowest BCUT2D eigenvalue weighted by molar-refractivity contribution is 0.364. The summed E-state index contributed by atoms with van der Waals surface area (Å²) in [5.41, 5.74) is 2.46. The molecule has 0 aliphatic carbocycles. The molecule has 0 amide bonds. The Balaban J connectivity index is 2.10. The van der Waals surface area contributed by atoms with Gasteiger partial charge in [0, 0.05) is 22.3 Å². The molecular formula is C16H12BrN3O. The molecule has 1 N–H and O–H groups in total. The molecule has 2 rings (SSSR count). The number of anilines is 1. The molecule has 0 heterocycles. The molecule has 2 aromatic carbocycles. The number of nitriles is 2. The summed E-state index contributed by atoms with van der Waals surface area (Å²) in [6, 6.07) is 17.0. The summed E-state index contributed by atoms with van der Waals surface area (Å²) in [6.45, 7) is 0.587. The summed E-state index contributed by atoms with van der Waals surface area (Å²) in [5, 5.41) is 20.7. The Kier molecular flexibility index (Phi) is 5.20. The van der Waals surface area contributed by atoms with E-state index < -0.39 is 0 Å². The molecule has 2 aromatic rings. The molecule has 0 aliphatic rings. The molecule has 4 nitrogen and oxygen atoms in total. The normalized spacial score (nSPS) is 9.48. The fourth-order valence-electron chi connectivity index (χ4n) is 1.82. The Morgan fingerprint density at radius 3 is 2.67 bits per heavy atom. The molecule has 0 radical (unpaired) electrons. The van der Waals surface area contributed by atoms with Crippen molar-refractivity contribution in [1.29, 1.82) is 10.5 Å². The van der Waals surface area contributed by atoms with E-state index in [0.717, 1.165) is 15.7 Å². The molecule has 104 valence electrons. The van der Waals surface area contributed by atoms with Crippen molar-refractivity contribution in [2.24, 2.45) is 0 Å². The smallest absolute Gasteiger partial charge is 0.174 e. The van der Waals surface area contributed by atoms with Gasteiger partial charge in [-0.3, -0.25) is 0 Å². The van der Waals surface area contributed by atoms with Gasteiger partial charge in [-0.05, 0) is 40.2 Å². The van der Waals surface area contributed by atoms with Crippen LogP contribution in [0.1, 0.15) is 11.1 Å². The molecule has 0 aliphatic heterocycles. The minimum absolute atomic E-state index is 0.0254. The van der Waals surface area contributed by atoms with Crippen LogP contribution in [0, 0.1) is 22.7 Å². The lowest BCUT2D eigenvalue weighted by atomic mass is 10.2. The highest BCUT2D eigenvalue weighted by Gasteiger charge is 2.05. The maximum Gasteiger partial charge on any atom is 0.174 e. The number of benzene rings is 2. The Labute approximate surface area is 131 Å². The van der Waals surface area contributed by atoms with Crippen LogP contribution in [0.4, 0.5) is 5.69 Å². The van der Waals surface area contributed by atoms with Gasteiger partial charge >= 0.3 is 0 Å². The number of hydrogen-bond donors (Lipinski definition) is 1. The van der Waals surface area contributed by atoms with Crippen LogP contribution in [-0.4, -0.2) is 6.61 Å². The fourth-order valence-corrected chi connectivity index (χ4v) is 2.34. The van der Waals surface area contributed by atoms with E-state index >= 15 is 0 Å². The number of para-hydroxylation sites is 1. The molecule has 5 heteroatoms. The van der Waals surface area contributed by atoms with Crippen molar-refractivity contribution in [3.8, 4) is 17.9 Å². The average molecular weight is 342 g/mol. The van der Waals surface area contributed by atoms with Crippen molar-refractivity contribution in [3.63, 3.8) is 0 Å². The zero-order chi connectivity index (χ0) is 15.1. The van der Waals surface area contributed by atoms with Gasteiger partial charge in [-0.2, -0.15) is 10.5 Å². The zero-order valence-electron chi connectivity index (χ0n) is 11.1. The van der Waals surface area contributed by atoms with Crippen LogP contribution >= 0.6 is 15.9 Å². The fraction of sp³-hybridized carbons (Fsp3) is 0.125. The summed E-state index contributed by atoms with van der Waals surface area (Å²) >= 11 is 3.43. The second-order valence-electron chi connectivity index (χ2n) is 4.21. The van der Waals surface area contributed by atoms with Crippen LogP contribution < -0.4 is 10.1 Å². The van der Waals surface area contributed by atoms with E-state index in [4.69, 9.17) is 15.3 Å². The Morgan fingerprint density at radius 2 is 1.95 bits per heavy atom. The second-order valence-corrected chi connectivity index (χ2v) is 5.07. The molecule has 0 bridgehead atoms. The van der Waals surface area contributed by atoms with Crippen LogP contribution in [0.3, 0.4) is 0 Å². The third-order valence-corrected chi connectivity index (χ3v) is 3.49. The number of nitrogens with zero attached hydrogens (tertiary/aromatic N) is 2. The van der Waals surface area contributed by atoms with Crippen LogP contribution in [0.25, 0.3) is 0 Å². The van der Waals surface area contributed by atoms with Gasteiger partial charge in [0.05, 0.1) is 11.6 Å². The maximum absolute atomic E-state index is 8.85. The minimum atomic E-state index is 0.0254. The van der Waals surface area contributed by atoms with Crippen LogP contribution in [0.2, 0.25) is 0 Å². The third-order valence-electron chi connectivity index (χ3n) is 2.83. The lowest BCUT2D eigenvalue weighted by Crippen LogP contribution is -2.04. The van der Waals surface area contributed by atoms with Gasteiger partial charge in [-0.25, -0.2) is 0 Å². The van der Waals surface area contributed by atoms with E-state index in [9.17, 15) is 0 Å². The number of hydrogen-bond acceptors (Lipinski definition) is 4. The minimum Gasteiger partial charge on any atom is -0.478 e. The van der Waals surface area contributed by atoms with Gasteiger partial charge in [-0.1, -0.05) is 18.2 Å². The monoisotopic (exact) mass is 341 g/mol. The molecule has 0 aromatic heterocycles. The number of halogens is 1. The summed E-state index contributed by atoms with van der Waals surface area (Å²) in [5.74, 6) is 0.691. The number of nitrogens with one attached hydrogen (secondary N) is 1. The predicted octanol–water partition coefficient (Wildman–Crippen LogP) is 3.84. The molecule has 0 atom stereocenters. The van der Waals surface area contributed by atoms with Gasteiger partial charge in [-0.15, -0.1) is 0 Å². The van der Waals surface area contributed by atoms with Crippen molar-refractivity contribution in [1.82, 2.24) is 0 Å². The highest BCUT2D eigenvalue weighted by Crippen LogP contribution is 2.25. The van der Waals surface area contributed by atoms with Crippen molar-refractivity contribution < 1.29 is 4.74 Å². The maximum atomic E-state index is 8.85. The van der Waals surface area contributed by atoms with Gasteiger partial charge in [0.25, 0.3) is 0 Å². The van der Waals surface area contributed by atoms with Crippen molar-refractivity contribution in [2.45, 2.75) is 6.54 Å². The van der Waals surface area contributed by atoms with Crippen molar-refractivity contribution in [2.75, 3.05) is 11.9 Å². The molecular weight excluding hydrogens is 330 g/mol. The Morgan fingerprint density at radius 1 is 1.14 bits per heavy atom. The highest BCUT2D eigenvalue weighted by atomic mass is 79.9. The van der Waals surface area contributed by atoms with E-state index in [1.807, 2.05) is 36.4 Å². The first-order valence-electron chi connectivity index (χ1n) is 6.26. The predicted molar refractivity (Wildman–Crippen MR) is 83.7 cm³/mol. The summed E-state index contributed by atoms with van der Waals surface area (Å²) < 4.78 is 6.22. The van der Waals surface area contributed by atoms with Crippen LogP contribution in [0.5, 0.6) is 5.75 Å². The van der Waals surface area contributed by atoms with E-state index in [1.165, 1.54) is 0 Å². The molecule has 21 heavy (non-hydrogen) atoms. The lowest BCUT2D eigenvalue weighted by Gasteiger charge is -2.12. The Hall–Kier alpha value is -2.50. The highest BCUT2D eigenvalue weighted by molar-refractivity contribution is 9.10. The topological polar surface area (TPSA) is 68.8 Å². The van der Waals surface area contributed by atoms with E-state index in [0.29, 0.717) is 17.9 Å². The number of rotatable bonds is 5. The van der Waals surface area contributed by atoms with Crippen molar-refractivity contribution in [3.05, 3.63) is 58.1 Å². The first-order chi connectivity index (χ1) is 10.2. The third kappa shape index (κ3) is 3.98. The van der Waals surface area contributed by atoms with Gasteiger partial charge < -0.3 is 10.1 Å². The Bertz CT molecular complexity index is 716. The van der Waals surface area contributed by atoms with E-state index in [1.54, 1.807) is 12.1 Å². The zero-order valence-corrected chi connectivity index (χ0v) is 12.7. The largest absolute Gasteiger partial charge is 0.478 e. The first-order valence-corrected chi connectivity index (χ1v) is 7.05. The molecule has 0 saturated heterocycles. The standard InChI is InChI=1S/C16H12BrN3O/c17-14-9-12(10-19)5-6-15(14)20-11-13-3-1-2-4-16(13)21-8-7-18/h1-6,9,20H,8,11H2. The first kappa shape index (κ1) is 14.9. The summed E-state index contributed by atoms with van der Waals surface area (Å²) in [7, 11) is 0. The van der Waals surface area contributed by atoms with Crippen LogP contribution in [-0.2, 0) is 6.54 Å². The molecule has 0 spiro atoms. The van der Waals surface area contributed by atoms with E-state index in [-0.39, 0.29) is 6.61 Å². The molecule has 0 saturated carbocycles. The van der Waals surface area contributed by atoms with Crippen LogP contribution in [0.15, 0.2) is 46.9 Å². The number of ether oxygens (including phenoxy) is 1. The SMILES string of the molecule is N#CCOc1ccccc1CNc1ccc(C#N)cc1Br. The van der Waals surface area contributed by atoms with Gasteiger partial charge in [0.15, 0.2) is 6.61 Å². The summed E-state index contributed by atoms with van der Waals surface area (Å²) in [6.07, 6.45) is 0. The quantitative estimate of drug-likeness (QED) is 0.896. The summed E-state index contributed by atoms with van der Waals surface area (Å²) in [4.78, 5) is 0. The van der Waals surface area contributed by atoms with Crippen molar-refractivity contribution >= 4 is 21.6 Å². The average Bonchev–Trinajstić information content (AvgIpc) is 2.52. The molecule has 0 fully saturated rings. The van der Waals surface area contributed by atoms with Gasteiger partial charge in [0.2, 0.25) is 0 Å². The second kappa shape index (κ2) is 7.33. The molecule has 0 unspecified atom stereocenters. The van der Waals surface area contributed by atoms with Gasteiger partial charge in [0.1, 0.15) is 11.8 Å².